The summed E-state index contributed by atoms with van der Waals surface area (Å²) >= 11 is 3.40. The van der Waals surface area contributed by atoms with Crippen LogP contribution in [0.25, 0.3) is 0 Å². The molecular weight excluding hydrogens is 396 g/mol. The molecule has 1 aliphatic rings. The SMILES string of the molecule is CC1CN(C(=O)c2ccc(COc3cccc(Br)c3)o2)CCN1.Cl. The predicted molar refractivity (Wildman–Crippen MR) is 97.8 cm³/mol. The maximum Gasteiger partial charge on any atom is 0.289 e. The average Bonchev–Trinajstić information content (AvgIpc) is 3.01. The van der Waals surface area contributed by atoms with Gasteiger partial charge in [0.15, 0.2) is 5.76 Å². The number of benzene rings is 1. The molecule has 0 bridgehead atoms. The molecule has 7 heteroatoms. The van der Waals surface area contributed by atoms with E-state index in [1.807, 2.05) is 29.2 Å². The predicted octanol–water partition coefficient (Wildman–Crippen LogP) is 3.48. The molecule has 0 saturated carbocycles. The van der Waals surface area contributed by atoms with E-state index in [-0.39, 0.29) is 18.3 Å². The summed E-state index contributed by atoms with van der Waals surface area (Å²) in [6, 6.07) is 11.4. The molecule has 5 nitrogen and oxygen atoms in total. The molecular formula is C17H20BrClN2O3. The molecule has 1 saturated heterocycles. The molecule has 0 aliphatic carbocycles. The van der Waals surface area contributed by atoms with Gasteiger partial charge < -0.3 is 19.4 Å². The standard InChI is InChI=1S/C17H19BrN2O3.ClH/c1-12-10-20(8-7-19-12)17(21)16-6-5-15(23-16)11-22-14-4-2-3-13(18)9-14;/h2-6,9,12,19H,7-8,10-11H2,1H3;1H. The number of amides is 1. The molecule has 130 valence electrons. The van der Waals surface area contributed by atoms with Gasteiger partial charge in [-0.05, 0) is 37.3 Å². The van der Waals surface area contributed by atoms with Crippen LogP contribution in [0.5, 0.6) is 5.75 Å². The number of nitrogens with one attached hydrogen (secondary N) is 1. The number of hydrogen-bond acceptors (Lipinski definition) is 4. The van der Waals surface area contributed by atoms with E-state index in [0.29, 0.717) is 37.3 Å². The first-order chi connectivity index (χ1) is 11.1. The molecule has 1 aromatic carbocycles. The summed E-state index contributed by atoms with van der Waals surface area (Å²) in [6.45, 7) is 4.57. The molecule has 2 heterocycles. The van der Waals surface area contributed by atoms with E-state index in [0.717, 1.165) is 16.8 Å². The summed E-state index contributed by atoms with van der Waals surface area (Å²) in [7, 11) is 0. The van der Waals surface area contributed by atoms with Gasteiger partial charge in [0.25, 0.3) is 5.91 Å². The zero-order chi connectivity index (χ0) is 16.2. The first-order valence-electron chi connectivity index (χ1n) is 7.61. The Bertz CT molecular complexity index is 692. The van der Waals surface area contributed by atoms with Gasteiger partial charge in [-0.3, -0.25) is 4.79 Å². The van der Waals surface area contributed by atoms with E-state index in [1.54, 1.807) is 12.1 Å². The largest absolute Gasteiger partial charge is 0.486 e. The highest BCUT2D eigenvalue weighted by Crippen LogP contribution is 2.20. The van der Waals surface area contributed by atoms with Crippen LogP contribution in [0, 0.1) is 0 Å². The van der Waals surface area contributed by atoms with E-state index in [4.69, 9.17) is 9.15 Å². The number of rotatable bonds is 4. The second-order valence-corrected chi connectivity index (χ2v) is 6.53. The molecule has 1 aliphatic heterocycles. The first kappa shape index (κ1) is 18.8. The third-order valence-corrected chi connectivity index (χ3v) is 4.20. The van der Waals surface area contributed by atoms with Gasteiger partial charge in [0.2, 0.25) is 0 Å². The Hall–Kier alpha value is -1.50. The minimum Gasteiger partial charge on any atom is -0.486 e. The Morgan fingerprint density at radius 1 is 1.42 bits per heavy atom. The molecule has 0 spiro atoms. The zero-order valence-corrected chi connectivity index (χ0v) is 15.7. The Labute approximate surface area is 155 Å². The van der Waals surface area contributed by atoms with E-state index in [1.165, 1.54) is 0 Å². The summed E-state index contributed by atoms with van der Waals surface area (Å²) in [6.07, 6.45) is 0. The third kappa shape index (κ3) is 4.75. The Morgan fingerprint density at radius 3 is 3.00 bits per heavy atom. The Morgan fingerprint density at radius 2 is 2.25 bits per heavy atom. The molecule has 1 atom stereocenters. The van der Waals surface area contributed by atoms with Crippen molar-refractivity contribution in [3.05, 3.63) is 52.4 Å². The van der Waals surface area contributed by atoms with E-state index in [2.05, 4.69) is 28.2 Å². The molecule has 3 rings (SSSR count). The molecule has 0 radical (unpaired) electrons. The van der Waals surface area contributed by atoms with Crippen molar-refractivity contribution in [3.8, 4) is 5.75 Å². The number of ether oxygens (including phenoxy) is 1. The minimum absolute atomic E-state index is 0. The van der Waals surface area contributed by atoms with Crippen molar-refractivity contribution in [3.63, 3.8) is 0 Å². The summed E-state index contributed by atoms with van der Waals surface area (Å²) in [5, 5.41) is 3.32. The fourth-order valence-corrected chi connectivity index (χ4v) is 2.93. The van der Waals surface area contributed by atoms with Crippen molar-refractivity contribution in [1.29, 1.82) is 0 Å². The lowest BCUT2D eigenvalue weighted by atomic mass is 10.2. The molecule has 24 heavy (non-hydrogen) atoms. The van der Waals surface area contributed by atoms with Crippen molar-refractivity contribution in [1.82, 2.24) is 10.2 Å². The van der Waals surface area contributed by atoms with Crippen LogP contribution in [0.2, 0.25) is 0 Å². The van der Waals surface area contributed by atoms with E-state index < -0.39 is 0 Å². The second kappa shape index (κ2) is 8.55. The van der Waals surface area contributed by atoms with Crippen LogP contribution in [-0.2, 0) is 6.61 Å². The van der Waals surface area contributed by atoms with Crippen LogP contribution in [-0.4, -0.2) is 36.5 Å². The molecule has 2 aromatic rings. The Kier molecular flexibility index (Phi) is 6.71. The topological polar surface area (TPSA) is 54.7 Å². The summed E-state index contributed by atoms with van der Waals surface area (Å²) in [5.41, 5.74) is 0. The molecule has 1 amide bonds. The van der Waals surface area contributed by atoms with Crippen molar-refractivity contribution in [2.75, 3.05) is 19.6 Å². The number of carbonyl (C=O) groups excluding carboxylic acids is 1. The molecule has 1 N–H and O–H groups in total. The average molecular weight is 416 g/mol. The maximum absolute atomic E-state index is 12.4. The minimum atomic E-state index is -0.0629. The first-order valence-corrected chi connectivity index (χ1v) is 8.41. The summed E-state index contributed by atoms with van der Waals surface area (Å²) < 4.78 is 12.3. The van der Waals surface area contributed by atoms with Gasteiger partial charge in [0.05, 0.1) is 0 Å². The lowest BCUT2D eigenvalue weighted by Gasteiger charge is -2.31. The van der Waals surface area contributed by atoms with Crippen LogP contribution in [0.4, 0.5) is 0 Å². The number of piperazine rings is 1. The molecule has 1 aromatic heterocycles. The van der Waals surface area contributed by atoms with Gasteiger partial charge in [0.1, 0.15) is 18.1 Å². The van der Waals surface area contributed by atoms with Crippen LogP contribution >= 0.6 is 28.3 Å². The van der Waals surface area contributed by atoms with Gasteiger partial charge in [-0.1, -0.05) is 22.0 Å². The highest BCUT2D eigenvalue weighted by molar-refractivity contribution is 9.10. The summed E-state index contributed by atoms with van der Waals surface area (Å²) in [5.74, 6) is 1.69. The van der Waals surface area contributed by atoms with Gasteiger partial charge >= 0.3 is 0 Å². The van der Waals surface area contributed by atoms with Gasteiger partial charge in [-0.25, -0.2) is 0 Å². The molecule has 1 fully saturated rings. The number of furan rings is 1. The van der Waals surface area contributed by atoms with Crippen LogP contribution < -0.4 is 10.1 Å². The summed E-state index contributed by atoms with van der Waals surface area (Å²) in [4.78, 5) is 14.3. The van der Waals surface area contributed by atoms with E-state index >= 15 is 0 Å². The second-order valence-electron chi connectivity index (χ2n) is 5.62. The van der Waals surface area contributed by atoms with Gasteiger partial charge in [0, 0.05) is 30.1 Å². The van der Waals surface area contributed by atoms with Crippen LogP contribution in [0.3, 0.4) is 0 Å². The number of halogens is 2. The maximum atomic E-state index is 12.4. The van der Waals surface area contributed by atoms with Crippen LogP contribution in [0.1, 0.15) is 23.2 Å². The highest BCUT2D eigenvalue weighted by Gasteiger charge is 2.23. The van der Waals surface area contributed by atoms with E-state index in [9.17, 15) is 4.79 Å². The number of carbonyl (C=O) groups is 1. The van der Waals surface area contributed by atoms with Crippen molar-refractivity contribution in [2.24, 2.45) is 0 Å². The number of nitrogens with zero attached hydrogens (tertiary/aromatic N) is 1. The van der Waals surface area contributed by atoms with Gasteiger partial charge in [-0.2, -0.15) is 0 Å². The fraction of sp³-hybridized carbons (Fsp3) is 0.353. The third-order valence-electron chi connectivity index (χ3n) is 3.71. The Balaban J connectivity index is 0.00000208. The lowest BCUT2D eigenvalue weighted by Crippen LogP contribution is -2.51. The zero-order valence-electron chi connectivity index (χ0n) is 13.3. The van der Waals surface area contributed by atoms with Crippen LogP contribution in [0.15, 0.2) is 45.3 Å². The highest BCUT2D eigenvalue weighted by atomic mass is 79.9. The van der Waals surface area contributed by atoms with Crippen molar-refractivity contribution >= 4 is 34.2 Å². The van der Waals surface area contributed by atoms with Crippen molar-refractivity contribution < 1.29 is 13.9 Å². The number of hydrogen-bond donors (Lipinski definition) is 1. The smallest absolute Gasteiger partial charge is 0.289 e. The fourth-order valence-electron chi connectivity index (χ4n) is 2.55. The van der Waals surface area contributed by atoms with Crippen molar-refractivity contribution in [2.45, 2.75) is 19.6 Å². The normalized spacial score (nSPS) is 17.2. The quantitative estimate of drug-likeness (QED) is 0.831. The lowest BCUT2D eigenvalue weighted by molar-refractivity contribution is 0.0673. The van der Waals surface area contributed by atoms with Gasteiger partial charge in [-0.15, -0.1) is 12.4 Å². The monoisotopic (exact) mass is 414 g/mol. The molecule has 1 unspecified atom stereocenters.